The Morgan fingerprint density at radius 1 is 1.13 bits per heavy atom. The smallest absolute Gasteiger partial charge is 0.345 e. The number of hydrogen-bond donors (Lipinski definition) is 1. The second-order valence-corrected chi connectivity index (χ2v) is 8.86. The van der Waals surface area contributed by atoms with Crippen molar-refractivity contribution in [3.05, 3.63) is 93.8 Å². The van der Waals surface area contributed by atoms with Crippen molar-refractivity contribution >= 4 is 5.91 Å². The zero-order valence-corrected chi connectivity index (χ0v) is 19.7. The van der Waals surface area contributed by atoms with E-state index in [9.17, 15) is 31.5 Å². The van der Waals surface area contributed by atoms with Gasteiger partial charge in [-0.15, -0.1) is 5.10 Å². The van der Waals surface area contributed by atoms with E-state index in [0.717, 1.165) is 41.8 Å². The quantitative estimate of drug-likeness (QED) is 0.290. The van der Waals surface area contributed by atoms with Crippen LogP contribution in [0.15, 0.2) is 59.8 Å². The molecule has 196 valence electrons. The highest BCUT2D eigenvalue weighted by atomic mass is 19.4. The summed E-state index contributed by atoms with van der Waals surface area (Å²) in [7, 11) is 0. The van der Waals surface area contributed by atoms with Crippen LogP contribution >= 0.6 is 0 Å². The monoisotopic (exact) mass is 530 g/mol. The third-order valence-corrected chi connectivity index (χ3v) is 6.16. The first kappa shape index (κ1) is 25.2. The number of nitrogens with zero attached hydrogens (tertiary/aromatic N) is 5. The molecule has 1 atom stereocenters. The first-order chi connectivity index (χ1) is 18.0. The van der Waals surface area contributed by atoms with Crippen LogP contribution in [0.2, 0.25) is 0 Å². The maximum Gasteiger partial charge on any atom is 0.419 e. The maximum atomic E-state index is 14.7. The second-order valence-electron chi connectivity index (χ2n) is 8.86. The molecule has 1 N–H and O–H groups in total. The summed E-state index contributed by atoms with van der Waals surface area (Å²) in [5.74, 6) is -3.29. The molecule has 0 radical (unpaired) electrons. The zero-order valence-electron chi connectivity index (χ0n) is 19.7. The number of amides is 1. The lowest BCUT2D eigenvalue weighted by Crippen LogP contribution is -2.29. The van der Waals surface area contributed by atoms with E-state index >= 15 is 0 Å². The fourth-order valence-corrected chi connectivity index (χ4v) is 4.06. The number of hydrogen-bond acceptors (Lipinski definition) is 5. The van der Waals surface area contributed by atoms with Gasteiger partial charge in [-0.25, -0.2) is 14.1 Å². The summed E-state index contributed by atoms with van der Waals surface area (Å²) < 4.78 is 71.1. The van der Waals surface area contributed by atoms with E-state index in [2.05, 4.69) is 20.6 Å². The summed E-state index contributed by atoms with van der Waals surface area (Å²) in [4.78, 5) is 29.2. The molecule has 38 heavy (non-hydrogen) atoms. The van der Waals surface area contributed by atoms with Gasteiger partial charge < -0.3 is 5.32 Å². The second kappa shape index (κ2) is 9.47. The van der Waals surface area contributed by atoms with E-state index in [-0.39, 0.29) is 22.9 Å². The van der Waals surface area contributed by atoms with Crippen molar-refractivity contribution in [3.63, 3.8) is 0 Å². The zero-order chi connectivity index (χ0) is 27.2. The molecule has 1 amide bonds. The van der Waals surface area contributed by atoms with E-state index < -0.39 is 41.0 Å². The number of halogens is 5. The molecule has 13 heteroatoms. The molecule has 0 bridgehead atoms. The van der Waals surface area contributed by atoms with Gasteiger partial charge >= 0.3 is 6.18 Å². The molecule has 1 aliphatic rings. The summed E-state index contributed by atoms with van der Waals surface area (Å²) in [5, 5.41) is 10.4. The van der Waals surface area contributed by atoms with Gasteiger partial charge in [0.1, 0.15) is 11.5 Å². The Morgan fingerprint density at radius 3 is 2.61 bits per heavy atom. The molecule has 1 aliphatic carbocycles. The Kier molecular flexibility index (Phi) is 6.29. The molecule has 8 nitrogen and oxygen atoms in total. The molecule has 1 fully saturated rings. The molecule has 0 aliphatic heterocycles. The van der Waals surface area contributed by atoms with Crippen molar-refractivity contribution in [3.8, 4) is 16.9 Å². The largest absolute Gasteiger partial charge is 0.419 e. The van der Waals surface area contributed by atoms with Crippen LogP contribution in [0.3, 0.4) is 0 Å². The topological polar surface area (TPSA) is 94.7 Å². The highest BCUT2D eigenvalue weighted by molar-refractivity contribution is 5.94. The number of benzene rings is 1. The van der Waals surface area contributed by atoms with Gasteiger partial charge in [-0.05, 0) is 38.0 Å². The molecule has 0 spiro atoms. The minimum absolute atomic E-state index is 0.113. The predicted molar refractivity (Wildman–Crippen MR) is 124 cm³/mol. The number of carbonyl (C=O) groups is 1. The van der Waals surface area contributed by atoms with Crippen molar-refractivity contribution in [2.45, 2.75) is 38.0 Å². The van der Waals surface area contributed by atoms with E-state index in [1.807, 2.05) is 0 Å². The molecule has 3 aromatic heterocycles. The molecular weight excluding hydrogens is 511 g/mol. The van der Waals surface area contributed by atoms with E-state index in [4.69, 9.17) is 0 Å². The van der Waals surface area contributed by atoms with Crippen LogP contribution in [0, 0.1) is 11.8 Å². The van der Waals surface area contributed by atoms with Gasteiger partial charge in [-0.1, -0.05) is 17.3 Å². The molecule has 0 unspecified atom stereocenters. The average Bonchev–Trinajstić information content (AvgIpc) is 3.60. The van der Waals surface area contributed by atoms with Crippen molar-refractivity contribution in [1.29, 1.82) is 0 Å². The maximum absolute atomic E-state index is 14.7. The number of nitrogens with one attached hydrogen (secondary N) is 1. The SMILES string of the molecule is C[C@@H](NC(=O)c1ccc(=O)n(-c2cc(-c3cnnn3C3CC3)cnc2F)c1)c1cccc(C(F)(F)F)c1F. The molecular formula is C25H19F5N6O2. The molecule has 3 heterocycles. The predicted octanol–water partition coefficient (Wildman–Crippen LogP) is 4.61. The van der Waals surface area contributed by atoms with Gasteiger partial charge in [0.05, 0.1) is 35.1 Å². The first-order valence-corrected chi connectivity index (χ1v) is 11.5. The summed E-state index contributed by atoms with van der Waals surface area (Å²) >= 11 is 0. The van der Waals surface area contributed by atoms with Gasteiger partial charge in [0.2, 0.25) is 5.95 Å². The number of carbonyl (C=O) groups excluding carboxylic acids is 1. The highest BCUT2D eigenvalue weighted by Gasteiger charge is 2.35. The van der Waals surface area contributed by atoms with Crippen molar-refractivity contribution in [1.82, 2.24) is 29.9 Å². The molecule has 0 saturated heterocycles. The Hall–Kier alpha value is -4.42. The lowest BCUT2D eigenvalue weighted by molar-refractivity contribution is -0.140. The van der Waals surface area contributed by atoms with E-state index in [0.29, 0.717) is 17.3 Å². The third-order valence-electron chi connectivity index (χ3n) is 6.16. The summed E-state index contributed by atoms with van der Waals surface area (Å²) in [6.07, 6.45) is 0.807. The Labute approximate surface area is 211 Å². The third kappa shape index (κ3) is 4.78. The fraction of sp³-hybridized carbons (Fsp3) is 0.240. The Morgan fingerprint density at radius 2 is 1.89 bits per heavy atom. The molecule has 1 aromatic carbocycles. The van der Waals surface area contributed by atoms with Crippen LogP contribution in [0.25, 0.3) is 16.9 Å². The molecule has 5 rings (SSSR count). The number of rotatable bonds is 6. The van der Waals surface area contributed by atoms with E-state index in [1.165, 1.54) is 31.5 Å². The van der Waals surface area contributed by atoms with Gasteiger partial charge in [-0.3, -0.25) is 14.2 Å². The van der Waals surface area contributed by atoms with Gasteiger partial charge in [0, 0.05) is 29.6 Å². The number of pyridine rings is 2. The van der Waals surface area contributed by atoms with Crippen molar-refractivity contribution in [2.75, 3.05) is 0 Å². The summed E-state index contributed by atoms with van der Waals surface area (Å²) in [6, 6.07) is 5.39. The van der Waals surface area contributed by atoms with Gasteiger partial charge in [-0.2, -0.15) is 17.6 Å². The lowest BCUT2D eigenvalue weighted by atomic mass is 10.0. The first-order valence-electron chi connectivity index (χ1n) is 11.5. The molecule has 1 saturated carbocycles. The average molecular weight is 530 g/mol. The van der Waals surface area contributed by atoms with Crippen LogP contribution in [0.1, 0.15) is 53.3 Å². The minimum atomic E-state index is -4.90. The van der Waals surface area contributed by atoms with Crippen LogP contribution in [0.4, 0.5) is 22.0 Å². The standard InChI is InChI=1S/C25H19F5N6O2/c1-13(17-3-2-4-18(22(17)26)25(28,29)30)33-24(38)14-5-8-21(37)35(12-14)19-9-15(10-31-23(19)27)20-11-32-34-36(20)16-6-7-16/h2-5,8-13,16H,6-7H2,1H3,(H,33,38)/t13-/m1/s1. The Balaban J connectivity index is 1.45. The fourth-order valence-electron chi connectivity index (χ4n) is 4.06. The minimum Gasteiger partial charge on any atom is -0.345 e. The Bertz CT molecular complexity index is 1590. The van der Waals surface area contributed by atoms with Crippen molar-refractivity contribution in [2.24, 2.45) is 0 Å². The molecule has 4 aromatic rings. The number of aromatic nitrogens is 5. The van der Waals surface area contributed by atoms with Gasteiger partial charge in [0.15, 0.2) is 0 Å². The highest BCUT2D eigenvalue weighted by Crippen LogP contribution is 2.37. The van der Waals surface area contributed by atoms with Crippen LogP contribution in [-0.2, 0) is 6.18 Å². The van der Waals surface area contributed by atoms with Crippen LogP contribution < -0.4 is 10.9 Å². The summed E-state index contributed by atoms with van der Waals surface area (Å²) in [5.41, 5.74) is -1.80. The van der Waals surface area contributed by atoms with Crippen LogP contribution in [0.5, 0.6) is 0 Å². The normalized spacial score (nSPS) is 14.4. The van der Waals surface area contributed by atoms with Crippen molar-refractivity contribution < 1.29 is 26.7 Å². The van der Waals surface area contributed by atoms with Crippen LogP contribution in [-0.4, -0.2) is 30.5 Å². The summed E-state index contributed by atoms with van der Waals surface area (Å²) in [6.45, 7) is 1.32. The van der Waals surface area contributed by atoms with Gasteiger partial charge in [0.25, 0.3) is 11.5 Å². The lowest BCUT2D eigenvalue weighted by Gasteiger charge is -2.18. The number of alkyl halides is 3. The van der Waals surface area contributed by atoms with E-state index in [1.54, 1.807) is 4.68 Å².